The van der Waals surface area contributed by atoms with Gasteiger partial charge in [0.2, 0.25) is 3.79 Å². The number of rotatable bonds is 1. The predicted octanol–water partition coefficient (Wildman–Crippen LogP) is 4.96. The van der Waals surface area contributed by atoms with Crippen molar-refractivity contribution in [3.8, 4) is 5.75 Å². The van der Waals surface area contributed by atoms with Gasteiger partial charge in [-0.05, 0) is 67.2 Å². The highest BCUT2D eigenvalue weighted by Gasteiger charge is 2.77. The van der Waals surface area contributed by atoms with E-state index in [2.05, 4.69) is 0 Å². The average Bonchev–Trinajstić information content (AvgIpc) is 3.23. The van der Waals surface area contributed by atoms with Gasteiger partial charge < -0.3 is 19.6 Å². The maximum Gasteiger partial charge on any atom is 0.471 e. The Morgan fingerprint density at radius 2 is 1.92 bits per heavy atom. The molecule has 196 valence electrons. The Morgan fingerprint density at radius 3 is 2.61 bits per heavy atom. The van der Waals surface area contributed by atoms with Crippen molar-refractivity contribution in [3.63, 3.8) is 0 Å². The molecular weight excluding hydrogens is 544 g/mol. The average molecular weight is 568 g/mol. The summed E-state index contributed by atoms with van der Waals surface area (Å²) in [5, 5.41) is 10.4. The zero-order chi connectivity index (χ0) is 25.8. The molecule has 3 aliphatic carbocycles. The lowest BCUT2D eigenvalue weighted by Gasteiger charge is -2.66. The van der Waals surface area contributed by atoms with Crippen LogP contribution in [0.3, 0.4) is 0 Å². The number of fused-ring (bicyclic) bond motifs is 1. The van der Waals surface area contributed by atoms with E-state index in [1.54, 1.807) is 23.1 Å². The van der Waals surface area contributed by atoms with Crippen molar-refractivity contribution in [3.05, 3.63) is 29.3 Å². The Hall–Kier alpha value is -1.58. The van der Waals surface area contributed by atoms with Crippen LogP contribution in [-0.2, 0) is 21.4 Å². The molecule has 0 spiro atoms. The van der Waals surface area contributed by atoms with E-state index in [9.17, 15) is 27.9 Å². The van der Waals surface area contributed by atoms with E-state index < -0.39 is 45.4 Å². The molecule has 2 amide bonds. The highest BCUT2D eigenvalue weighted by molar-refractivity contribution is 6.67. The zero-order valence-electron chi connectivity index (χ0n) is 19.0. The van der Waals surface area contributed by atoms with Crippen LogP contribution in [-0.4, -0.2) is 68.7 Å². The molecule has 12 heteroatoms. The van der Waals surface area contributed by atoms with Gasteiger partial charge >= 0.3 is 18.2 Å². The van der Waals surface area contributed by atoms with Crippen molar-refractivity contribution >= 4 is 46.8 Å². The van der Waals surface area contributed by atoms with Crippen LogP contribution in [0.25, 0.3) is 0 Å². The van der Waals surface area contributed by atoms with E-state index in [1.165, 1.54) is 0 Å². The molecule has 5 aliphatic rings. The molecule has 1 aromatic rings. The molecule has 4 fully saturated rings. The molecule has 6 atom stereocenters. The first-order valence-electron chi connectivity index (χ1n) is 12.0. The number of hydrogen-bond acceptors (Lipinski definition) is 4. The molecule has 6 nitrogen and oxygen atoms in total. The number of aromatic hydroxyl groups is 1. The number of likely N-dealkylation sites (tertiary alicyclic amines) is 2. The fourth-order valence-corrected chi connectivity index (χ4v) is 9.01. The standard InChI is InChI=1S/C24H24Cl3F3N2O4/c25-23(26,27)11-36-20(35)32-10-13-9-21-4-3-16(32)18(13)22(21)5-6-31(19(34)24(28,29)30)17(21)7-12-1-2-14(33)8-15(12)22/h1-2,8,13,16-18,33H,3-7,9-11H2/t13-,16?,17?,18?,21?,22?/m1/s1. The number of phenolic OH excluding ortho intramolecular Hbond substituents is 1. The van der Waals surface area contributed by atoms with Gasteiger partial charge in [0.25, 0.3) is 0 Å². The Kier molecular flexibility index (Phi) is 5.31. The zero-order valence-corrected chi connectivity index (χ0v) is 21.3. The van der Waals surface area contributed by atoms with Crippen LogP contribution in [0, 0.1) is 17.3 Å². The van der Waals surface area contributed by atoms with Gasteiger partial charge in [0.15, 0.2) is 0 Å². The van der Waals surface area contributed by atoms with Gasteiger partial charge in [0, 0.05) is 36.0 Å². The minimum Gasteiger partial charge on any atom is -0.508 e. The van der Waals surface area contributed by atoms with Crippen molar-refractivity contribution < 1.29 is 32.6 Å². The number of carbonyl (C=O) groups is 2. The van der Waals surface area contributed by atoms with Crippen molar-refractivity contribution in [1.29, 1.82) is 0 Å². The number of alkyl halides is 6. The van der Waals surface area contributed by atoms with E-state index in [-0.39, 0.29) is 30.2 Å². The molecule has 1 aromatic carbocycles. The Balaban J connectivity index is 1.43. The van der Waals surface area contributed by atoms with Crippen LogP contribution in [0.1, 0.15) is 36.8 Å². The fraction of sp³-hybridized carbons (Fsp3) is 0.667. The second-order valence-electron chi connectivity index (χ2n) is 10.9. The lowest BCUT2D eigenvalue weighted by atomic mass is 9.43. The van der Waals surface area contributed by atoms with Gasteiger partial charge in [-0.25, -0.2) is 4.79 Å². The number of benzene rings is 1. The topological polar surface area (TPSA) is 70.1 Å². The number of phenols is 1. The van der Waals surface area contributed by atoms with Gasteiger partial charge in [-0.1, -0.05) is 40.9 Å². The molecule has 1 N–H and O–H groups in total. The third kappa shape index (κ3) is 3.24. The largest absolute Gasteiger partial charge is 0.508 e. The van der Waals surface area contributed by atoms with E-state index in [1.807, 2.05) is 0 Å². The van der Waals surface area contributed by atoms with E-state index >= 15 is 0 Å². The van der Waals surface area contributed by atoms with Gasteiger partial charge in [0.1, 0.15) is 12.4 Å². The highest BCUT2D eigenvalue weighted by atomic mass is 35.6. The van der Waals surface area contributed by atoms with Crippen molar-refractivity contribution in [2.24, 2.45) is 17.3 Å². The molecule has 5 unspecified atom stereocenters. The quantitative estimate of drug-likeness (QED) is 0.488. The summed E-state index contributed by atoms with van der Waals surface area (Å²) in [5.41, 5.74) is 0.703. The Bertz CT molecular complexity index is 1140. The second-order valence-corrected chi connectivity index (χ2v) is 13.4. The van der Waals surface area contributed by atoms with E-state index in [0.717, 1.165) is 16.0 Å². The van der Waals surface area contributed by atoms with Gasteiger partial charge in [-0.3, -0.25) is 4.79 Å². The maximum absolute atomic E-state index is 13.6. The molecule has 4 bridgehead atoms. The summed E-state index contributed by atoms with van der Waals surface area (Å²) in [6, 6.07) is 4.27. The van der Waals surface area contributed by atoms with Crippen LogP contribution in [0.2, 0.25) is 0 Å². The minimum absolute atomic E-state index is 0.0203. The van der Waals surface area contributed by atoms with Crippen LogP contribution in [0.5, 0.6) is 5.75 Å². The third-order valence-electron chi connectivity index (χ3n) is 9.57. The van der Waals surface area contributed by atoms with Crippen molar-refractivity contribution in [2.75, 3.05) is 19.7 Å². The lowest BCUT2D eigenvalue weighted by molar-refractivity contribution is -0.199. The Morgan fingerprint density at radius 1 is 1.17 bits per heavy atom. The summed E-state index contributed by atoms with van der Waals surface area (Å²) in [6.45, 7) is -0.0173. The predicted molar refractivity (Wildman–Crippen MR) is 125 cm³/mol. The van der Waals surface area contributed by atoms with E-state index in [0.29, 0.717) is 38.6 Å². The summed E-state index contributed by atoms with van der Waals surface area (Å²) in [7, 11) is 0. The highest BCUT2D eigenvalue weighted by Crippen LogP contribution is 2.75. The SMILES string of the molecule is O=C(OCC(Cl)(Cl)Cl)N1C[C@H]2CC34CCC1C2C31CCN(C(=O)C(F)(F)F)C4Cc2ccc(O)cc21. The lowest BCUT2D eigenvalue weighted by Crippen LogP contribution is -2.71. The number of amides is 2. The molecule has 6 rings (SSSR count). The number of carbonyl (C=O) groups excluding carboxylic acids is 2. The van der Waals surface area contributed by atoms with Crippen LogP contribution < -0.4 is 0 Å². The van der Waals surface area contributed by atoms with Gasteiger partial charge in [0.05, 0.1) is 0 Å². The van der Waals surface area contributed by atoms with Crippen molar-refractivity contribution in [1.82, 2.24) is 9.80 Å². The van der Waals surface area contributed by atoms with Gasteiger partial charge in [-0.15, -0.1) is 0 Å². The minimum atomic E-state index is -4.94. The van der Waals surface area contributed by atoms with Gasteiger partial charge in [-0.2, -0.15) is 13.2 Å². The molecule has 2 saturated carbocycles. The molecule has 0 radical (unpaired) electrons. The summed E-state index contributed by atoms with van der Waals surface area (Å²) in [6.07, 6.45) is -3.10. The first-order valence-corrected chi connectivity index (χ1v) is 13.1. The first kappa shape index (κ1) is 24.7. The first-order chi connectivity index (χ1) is 16.8. The van der Waals surface area contributed by atoms with Crippen LogP contribution in [0.4, 0.5) is 18.0 Å². The fourth-order valence-electron chi connectivity index (χ4n) is 8.84. The molecule has 2 heterocycles. The molecular formula is C24H24Cl3F3N2O4. The summed E-state index contributed by atoms with van der Waals surface area (Å²) in [4.78, 5) is 28.3. The van der Waals surface area contributed by atoms with Crippen molar-refractivity contribution in [2.45, 2.75) is 59.6 Å². The summed E-state index contributed by atoms with van der Waals surface area (Å²) >= 11 is 17.3. The number of halogens is 6. The maximum atomic E-state index is 13.6. The van der Waals surface area contributed by atoms with E-state index in [4.69, 9.17) is 39.5 Å². The normalized spacial score (nSPS) is 36.4. The van der Waals surface area contributed by atoms with Crippen LogP contribution in [0.15, 0.2) is 18.2 Å². The number of ether oxygens (including phenoxy) is 1. The molecule has 2 aliphatic heterocycles. The number of nitrogens with zero attached hydrogens (tertiary/aromatic N) is 2. The third-order valence-corrected chi connectivity index (χ3v) is 9.90. The number of hydrogen-bond donors (Lipinski definition) is 1. The van der Waals surface area contributed by atoms with Crippen LogP contribution >= 0.6 is 34.8 Å². The Labute approximate surface area is 220 Å². The monoisotopic (exact) mass is 566 g/mol. The number of piperidine rings is 1. The molecule has 2 saturated heterocycles. The molecule has 36 heavy (non-hydrogen) atoms. The summed E-state index contributed by atoms with van der Waals surface area (Å²) in [5.74, 6) is -1.69. The smallest absolute Gasteiger partial charge is 0.471 e. The summed E-state index contributed by atoms with van der Waals surface area (Å²) < 4.78 is 44.4. The second kappa shape index (κ2) is 7.73. The molecule has 0 aromatic heterocycles.